The Bertz CT molecular complexity index is 339. The molecule has 3 heteroatoms. The first-order valence-electron chi connectivity index (χ1n) is 5.82. The highest BCUT2D eigenvalue weighted by molar-refractivity contribution is 5.54. The molecule has 1 aromatic rings. The van der Waals surface area contributed by atoms with Crippen LogP contribution >= 0.6 is 0 Å². The molecule has 1 unspecified atom stereocenters. The summed E-state index contributed by atoms with van der Waals surface area (Å²) in [7, 11) is 2.00. The van der Waals surface area contributed by atoms with Crippen LogP contribution in [0.1, 0.15) is 25.8 Å². The van der Waals surface area contributed by atoms with Crippen molar-refractivity contribution in [2.75, 3.05) is 18.5 Å². The minimum absolute atomic E-state index is 0.155. The highest BCUT2D eigenvalue weighted by atomic mass is 19.1. The lowest BCUT2D eigenvalue weighted by molar-refractivity contribution is 0.602. The molecule has 2 nitrogen and oxygen atoms in total. The lowest BCUT2D eigenvalue weighted by atomic mass is 10.1. The Labute approximate surface area is 97.3 Å². The molecule has 0 saturated heterocycles. The van der Waals surface area contributed by atoms with Crippen molar-refractivity contribution in [2.24, 2.45) is 5.73 Å². The van der Waals surface area contributed by atoms with Crippen molar-refractivity contribution in [2.45, 2.75) is 32.7 Å². The van der Waals surface area contributed by atoms with Crippen LogP contribution in [0, 0.1) is 5.82 Å². The molecule has 0 bridgehead atoms. The van der Waals surface area contributed by atoms with E-state index in [4.69, 9.17) is 5.73 Å². The van der Waals surface area contributed by atoms with Crippen molar-refractivity contribution in [3.63, 3.8) is 0 Å². The van der Waals surface area contributed by atoms with Gasteiger partial charge in [0.15, 0.2) is 0 Å². The Morgan fingerprint density at radius 2 is 2.12 bits per heavy atom. The number of anilines is 1. The normalized spacial score (nSPS) is 12.6. The zero-order chi connectivity index (χ0) is 12.1. The van der Waals surface area contributed by atoms with Gasteiger partial charge in [0.2, 0.25) is 0 Å². The summed E-state index contributed by atoms with van der Waals surface area (Å²) in [5.41, 5.74) is 7.21. The van der Waals surface area contributed by atoms with E-state index in [9.17, 15) is 4.39 Å². The van der Waals surface area contributed by atoms with Crippen LogP contribution < -0.4 is 10.6 Å². The highest BCUT2D eigenvalue weighted by Crippen LogP contribution is 2.24. The Balaban J connectivity index is 3.06. The quantitative estimate of drug-likeness (QED) is 0.833. The second kappa shape index (κ2) is 5.85. The van der Waals surface area contributed by atoms with E-state index in [1.807, 2.05) is 13.1 Å². The van der Waals surface area contributed by atoms with E-state index >= 15 is 0 Å². The molecule has 90 valence electrons. The Kier molecular flexibility index (Phi) is 4.74. The first-order valence-corrected chi connectivity index (χ1v) is 5.82. The van der Waals surface area contributed by atoms with E-state index in [0.717, 1.165) is 17.7 Å². The maximum atomic E-state index is 13.7. The van der Waals surface area contributed by atoms with Gasteiger partial charge in [-0.1, -0.05) is 13.0 Å². The number of benzene rings is 1. The van der Waals surface area contributed by atoms with Crippen molar-refractivity contribution >= 4 is 5.69 Å². The third-order valence-electron chi connectivity index (χ3n) is 3.12. The van der Waals surface area contributed by atoms with Gasteiger partial charge in [-0.25, -0.2) is 4.39 Å². The van der Waals surface area contributed by atoms with Crippen LogP contribution in [0.3, 0.4) is 0 Å². The van der Waals surface area contributed by atoms with Crippen LogP contribution in [0.25, 0.3) is 0 Å². The minimum Gasteiger partial charge on any atom is -0.372 e. The van der Waals surface area contributed by atoms with Gasteiger partial charge in [-0.05, 0) is 38.4 Å². The Morgan fingerprint density at radius 1 is 1.44 bits per heavy atom. The molecule has 0 aliphatic heterocycles. The summed E-state index contributed by atoms with van der Waals surface area (Å²) in [5, 5.41) is 0. The lowest BCUT2D eigenvalue weighted by Gasteiger charge is -2.28. The molecule has 1 atom stereocenters. The zero-order valence-corrected chi connectivity index (χ0v) is 10.3. The molecular weight excluding hydrogens is 203 g/mol. The van der Waals surface area contributed by atoms with Crippen LogP contribution in [0.2, 0.25) is 0 Å². The largest absolute Gasteiger partial charge is 0.372 e. The molecule has 1 aromatic carbocycles. The van der Waals surface area contributed by atoms with E-state index in [1.165, 1.54) is 6.07 Å². The summed E-state index contributed by atoms with van der Waals surface area (Å²) >= 11 is 0. The van der Waals surface area contributed by atoms with Gasteiger partial charge in [-0.2, -0.15) is 0 Å². The molecule has 0 radical (unpaired) electrons. The summed E-state index contributed by atoms with van der Waals surface area (Å²) in [4.78, 5) is 2.12. The third-order valence-corrected chi connectivity index (χ3v) is 3.12. The van der Waals surface area contributed by atoms with E-state index < -0.39 is 0 Å². The zero-order valence-electron chi connectivity index (χ0n) is 10.3. The van der Waals surface area contributed by atoms with Gasteiger partial charge >= 0.3 is 0 Å². The van der Waals surface area contributed by atoms with E-state index in [-0.39, 0.29) is 5.82 Å². The van der Waals surface area contributed by atoms with Crippen LogP contribution in [0.15, 0.2) is 18.2 Å². The molecule has 2 N–H and O–H groups in total. The van der Waals surface area contributed by atoms with Crippen molar-refractivity contribution < 1.29 is 4.39 Å². The predicted octanol–water partition coefficient (Wildman–Crippen LogP) is 2.56. The van der Waals surface area contributed by atoms with E-state index in [1.54, 1.807) is 6.07 Å². The average molecular weight is 224 g/mol. The summed E-state index contributed by atoms with van der Waals surface area (Å²) in [6, 6.07) is 5.61. The van der Waals surface area contributed by atoms with E-state index in [0.29, 0.717) is 19.0 Å². The second-order valence-electron chi connectivity index (χ2n) is 4.14. The molecule has 0 amide bonds. The lowest BCUT2D eigenvalue weighted by Crippen LogP contribution is -2.29. The molecular formula is C13H21FN2. The number of nitrogens with zero attached hydrogens (tertiary/aromatic N) is 1. The monoisotopic (exact) mass is 224 g/mol. The predicted molar refractivity (Wildman–Crippen MR) is 67.3 cm³/mol. The van der Waals surface area contributed by atoms with Gasteiger partial charge in [-0.3, -0.25) is 0 Å². The Hall–Kier alpha value is -1.09. The van der Waals surface area contributed by atoms with Gasteiger partial charge in [0, 0.05) is 24.3 Å². The fourth-order valence-corrected chi connectivity index (χ4v) is 1.78. The third kappa shape index (κ3) is 2.73. The summed E-state index contributed by atoms with van der Waals surface area (Å²) in [6.07, 6.45) is 1.62. The van der Waals surface area contributed by atoms with Crippen molar-refractivity contribution in [3.05, 3.63) is 29.6 Å². The molecule has 0 fully saturated rings. The molecule has 0 aliphatic carbocycles. The van der Waals surface area contributed by atoms with Crippen LogP contribution in [-0.4, -0.2) is 19.6 Å². The van der Waals surface area contributed by atoms with Gasteiger partial charge in [0.05, 0.1) is 0 Å². The fraction of sp³-hybridized carbons (Fsp3) is 0.538. The van der Waals surface area contributed by atoms with Crippen molar-refractivity contribution in [1.82, 2.24) is 0 Å². The topological polar surface area (TPSA) is 29.3 Å². The van der Waals surface area contributed by atoms with Gasteiger partial charge in [-0.15, -0.1) is 0 Å². The number of hydrogen-bond acceptors (Lipinski definition) is 2. The standard InChI is InChI=1S/C13H21FN2/c1-4-10(2)16(3)13-7-5-6-12(14)11(13)8-9-15/h5-7,10H,4,8-9,15H2,1-3H3. The number of halogens is 1. The summed E-state index contributed by atoms with van der Waals surface area (Å²) in [5.74, 6) is -0.155. The summed E-state index contributed by atoms with van der Waals surface area (Å²) < 4.78 is 13.7. The maximum absolute atomic E-state index is 13.7. The van der Waals surface area contributed by atoms with Gasteiger partial charge in [0.25, 0.3) is 0 Å². The van der Waals surface area contributed by atoms with Crippen LogP contribution in [0.4, 0.5) is 10.1 Å². The molecule has 0 aliphatic rings. The fourth-order valence-electron chi connectivity index (χ4n) is 1.78. The summed E-state index contributed by atoms with van der Waals surface area (Å²) in [6.45, 7) is 4.74. The molecule has 0 aromatic heterocycles. The molecule has 16 heavy (non-hydrogen) atoms. The second-order valence-corrected chi connectivity index (χ2v) is 4.14. The van der Waals surface area contributed by atoms with Gasteiger partial charge in [0.1, 0.15) is 5.82 Å². The molecule has 0 spiro atoms. The molecule has 1 rings (SSSR count). The highest BCUT2D eigenvalue weighted by Gasteiger charge is 2.14. The Morgan fingerprint density at radius 3 is 2.69 bits per heavy atom. The SMILES string of the molecule is CCC(C)N(C)c1cccc(F)c1CCN. The van der Waals surface area contributed by atoms with E-state index in [2.05, 4.69) is 18.7 Å². The smallest absolute Gasteiger partial charge is 0.128 e. The average Bonchev–Trinajstić information content (AvgIpc) is 2.30. The van der Waals surface area contributed by atoms with Crippen LogP contribution in [-0.2, 0) is 6.42 Å². The first kappa shape index (κ1) is 13.0. The number of nitrogens with two attached hydrogens (primary N) is 1. The van der Waals surface area contributed by atoms with Crippen LogP contribution in [0.5, 0.6) is 0 Å². The number of rotatable bonds is 5. The minimum atomic E-state index is -0.155. The molecule has 0 saturated carbocycles. The first-order chi connectivity index (χ1) is 7.61. The molecule has 0 heterocycles. The van der Waals surface area contributed by atoms with Gasteiger partial charge < -0.3 is 10.6 Å². The number of hydrogen-bond donors (Lipinski definition) is 1. The maximum Gasteiger partial charge on any atom is 0.128 e. The van der Waals surface area contributed by atoms with Crippen molar-refractivity contribution in [3.8, 4) is 0 Å². The van der Waals surface area contributed by atoms with Crippen molar-refractivity contribution in [1.29, 1.82) is 0 Å².